The molecule has 2 heterocycles. The Morgan fingerprint density at radius 2 is 1.85 bits per heavy atom. The highest BCUT2D eigenvalue weighted by Gasteiger charge is 2.30. The Balaban J connectivity index is 1.99. The molecule has 0 unspecified atom stereocenters. The van der Waals surface area contributed by atoms with E-state index in [-0.39, 0.29) is 5.52 Å². The van der Waals surface area contributed by atoms with Gasteiger partial charge in [0.2, 0.25) is 0 Å². The van der Waals surface area contributed by atoms with E-state index in [2.05, 4.69) is 4.98 Å². The molecule has 0 saturated carbocycles. The van der Waals surface area contributed by atoms with Crippen LogP contribution in [0.3, 0.4) is 0 Å². The van der Waals surface area contributed by atoms with Gasteiger partial charge in [0.25, 0.3) is 0 Å². The van der Waals surface area contributed by atoms with Crippen LogP contribution in [0.4, 0.5) is 13.2 Å². The fourth-order valence-corrected chi connectivity index (χ4v) is 3.17. The normalized spacial score (nSPS) is 11.9. The number of alkyl halides is 3. The summed E-state index contributed by atoms with van der Waals surface area (Å²) in [5.74, 6) is -0.484. The standard InChI is InChI=1S/C20H13F3N2O2/c1-27-19(26)15-11-25(17-5-3-2-4-13(15)17)18-8-9-24-16-10-12(20(21,22)23)6-7-14(16)18/h2-11H,1H3. The number of carbonyl (C=O) groups excluding carboxylic acids is 1. The van der Waals surface area contributed by atoms with Crippen molar-refractivity contribution in [2.24, 2.45) is 0 Å². The lowest BCUT2D eigenvalue weighted by atomic mass is 10.1. The molecule has 0 N–H and O–H groups in total. The summed E-state index contributed by atoms with van der Waals surface area (Å²) in [5, 5.41) is 1.24. The van der Waals surface area contributed by atoms with E-state index in [1.165, 1.54) is 19.4 Å². The van der Waals surface area contributed by atoms with Crippen molar-refractivity contribution in [3.8, 4) is 5.69 Å². The van der Waals surface area contributed by atoms with E-state index in [0.29, 0.717) is 22.0 Å². The summed E-state index contributed by atoms with van der Waals surface area (Å²) in [4.78, 5) is 16.2. The fraction of sp³-hybridized carbons (Fsp3) is 0.100. The van der Waals surface area contributed by atoms with Gasteiger partial charge in [0, 0.05) is 23.2 Å². The molecule has 0 amide bonds. The van der Waals surface area contributed by atoms with E-state index in [9.17, 15) is 18.0 Å². The predicted molar refractivity (Wildman–Crippen MR) is 94.9 cm³/mol. The minimum Gasteiger partial charge on any atom is -0.465 e. The quantitative estimate of drug-likeness (QED) is 0.467. The number of rotatable bonds is 2. The summed E-state index contributed by atoms with van der Waals surface area (Å²) in [6, 6.07) is 12.4. The number of carbonyl (C=O) groups is 1. The second-order valence-corrected chi connectivity index (χ2v) is 5.98. The monoisotopic (exact) mass is 370 g/mol. The molecule has 4 nitrogen and oxygen atoms in total. The van der Waals surface area contributed by atoms with Crippen LogP contribution in [0, 0.1) is 0 Å². The van der Waals surface area contributed by atoms with Gasteiger partial charge in [-0.15, -0.1) is 0 Å². The number of hydrogen-bond acceptors (Lipinski definition) is 3. The van der Waals surface area contributed by atoms with E-state index in [4.69, 9.17) is 4.74 Å². The van der Waals surface area contributed by atoms with Gasteiger partial charge in [-0.2, -0.15) is 13.2 Å². The van der Waals surface area contributed by atoms with Crippen molar-refractivity contribution in [1.29, 1.82) is 0 Å². The summed E-state index contributed by atoms with van der Waals surface area (Å²) in [6.45, 7) is 0. The van der Waals surface area contributed by atoms with Crippen LogP contribution >= 0.6 is 0 Å². The number of para-hydroxylation sites is 1. The molecule has 0 aliphatic carbocycles. The summed E-state index contributed by atoms with van der Waals surface area (Å²) in [5.41, 5.74) is 1.21. The molecule has 136 valence electrons. The number of nitrogens with zero attached hydrogens (tertiary/aromatic N) is 2. The molecule has 0 aliphatic heterocycles. The van der Waals surface area contributed by atoms with Crippen LogP contribution in [0.5, 0.6) is 0 Å². The van der Waals surface area contributed by atoms with Gasteiger partial charge in [-0.1, -0.05) is 24.3 Å². The maximum absolute atomic E-state index is 13.0. The first-order valence-corrected chi connectivity index (χ1v) is 8.05. The van der Waals surface area contributed by atoms with Crippen molar-refractivity contribution in [3.05, 3.63) is 72.1 Å². The predicted octanol–water partition coefficient (Wildman–Crippen LogP) is 4.98. The summed E-state index contributed by atoms with van der Waals surface area (Å²) in [6.07, 6.45) is -1.36. The third-order valence-electron chi connectivity index (χ3n) is 4.42. The van der Waals surface area contributed by atoms with Crippen LogP contribution in [-0.2, 0) is 10.9 Å². The summed E-state index contributed by atoms with van der Waals surface area (Å²) in [7, 11) is 1.30. The molecule has 0 atom stereocenters. The topological polar surface area (TPSA) is 44.1 Å². The number of fused-ring (bicyclic) bond motifs is 2. The third kappa shape index (κ3) is 2.81. The Kier molecular flexibility index (Phi) is 3.87. The number of aromatic nitrogens is 2. The minimum atomic E-state index is -4.44. The first kappa shape index (κ1) is 17.1. The lowest BCUT2D eigenvalue weighted by Crippen LogP contribution is -2.05. The largest absolute Gasteiger partial charge is 0.465 e. The van der Waals surface area contributed by atoms with Crippen LogP contribution < -0.4 is 0 Å². The first-order valence-electron chi connectivity index (χ1n) is 8.05. The van der Waals surface area contributed by atoms with Gasteiger partial charge >= 0.3 is 12.1 Å². The highest BCUT2D eigenvalue weighted by atomic mass is 19.4. The lowest BCUT2D eigenvalue weighted by Gasteiger charge is -2.11. The molecule has 7 heteroatoms. The number of esters is 1. The van der Waals surface area contributed by atoms with Gasteiger partial charge in [-0.3, -0.25) is 4.98 Å². The molecular formula is C20H13F3N2O2. The van der Waals surface area contributed by atoms with Crippen LogP contribution in [0.15, 0.2) is 60.9 Å². The van der Waals surface area contributed by atoms with Crippen molar-refractivity contribution >= 4 is 27.8 Å². The maximum atomic E-state index is 13.0. The number of ether oxygens (including phenoxy) is 1. The summed E-state index contributed by atoms with van der Waals surface area (Å²) >= 11 is 0. The van der Waals surface area contributed by atoms with Gasteiger partial charge in [-0.05, 0) is 24.3 Å². The number of pyridine rings is 1. The number of halogens is 3. The molecular weight excluding hydrogens is 357 g/mol. The Labute approximate surface area is 151 Å². The van der Waals surface area contributed by atoms with Crippen LogP contribution in [-0.4, -0.2) is 22.6 Å². The third-order valence-corrected chi connectivity index (χ3v) is 4.42. The zero-order valence-corrected chi connectivity index (χ0v) is 14.1. The number of methoxy groups -OCH3 is 1. The van der Waals surface area contributed by atoms with Crippen LogP contribution in [0.1, 0.15) is 15.9 Å². The van der Waals surface area contributed by atoms with E-state index >= 15 is 0 Å². The van der Waals surface area contributed by atoms with E-state index in [0.717, 1.165) is 17.6 Å². The molecule has 2 aromatic carbocycles. The zero-order valence-electron chi connectivity index (χ0n) is 14.1. The van der Waals surface area contributed by atoms with Crippen LogP contribution in [0.25, 0.3) is 27.5 Å². The minimum absolute atomic E-state index is 0.222. The molecule has 4 rings (SSSR count). The van der Waals surface area contributed by atoms with Gasteiger partial charge in [0.15, 0.2) is 0 Å². The van der Waals surface area contributed by atoms with E-state index in [1.807, 2.05) is 12.1 Å². The Morgan fingerprint density at radius 3 is 2.59 bits per heavy atom. The summed E-state index contributed by atoms with van der Waals surface area (Å²) < 4.78 is 45.6. The van der Waals surface area contributed by atoms with Crippen molar-refractivity contribution in [2.75, 3.05) is 7.11 Å². The van der Waals surface area contributed by atoms with Gasteiger partial charge in [-0.25, -0.2) is 4.79 Å². The smallest absolute Gasteiger partial charge is 0.416 e. The van der Waals surface area contributed by atoms with Gasteiger partial charge < -0.3 is 9.30 Å². The Hall–Kier alpha value is -3.35. The maximum Gasteiger partial charge on any atom is 0.416 e. The number of hydrogen-bond donors (Lipinski definition) is 0. The second-order valence-electron chi connectivity index (χ2n) is 5.98. The van der Waals surface area contributed by atoms with Crippen molar-refractivity contribution in [1.82, 2.24) is 9.55 Å². The lowest BCUT2D eigenvalue weighted by molar-refractivity contribution is -0.137. The highest BCUT2D eigenvalue weighted by Crippen LogP contribution is 2.33. The molecule has 0 fully saturated rings. The average Bonchev–Trinajstić information content (AvgIpc) is 3.05. The molecule has 0 saturated heterocycles. The number of benzene rings is 2. The second kappa shape index (κ2) is 6.12. The first-order chi connectivity index (χ1) is 12.9. The molecule has 0 radical (unpaired) electrons. The molecule has 0 aliphatic rings. The SMILES string of the molecule is COC(=O)c1cn(-c2ccnc3cc(C(F)(F)F)ccc23)c2ccccc12. The van der Waals surface area contributed by atoms with Crippen molar-refractivity contribution in [2.45, 2.75) is 6.18 Å². The van der Waals surface area contributed by atoms with E-state index < -0.39 is 17.7 Å². The zero-order chi connectivity index (χ0) is 19.2. The van der Waals surface area contributed by atoms with Gasteiger partial charge in [0.1, 0.15) is 0 Å². The molecule has 0 spiro atoms. The highest BCUT2D eigenvalue weighted by molar-refractivity contribution is 6.05. The fourth-order valence-electron chi connectivity index (χ4n) is 3.17. The van der Waals surface area contributed by atoms with E-state index in [1.54, 1.807) is 29.0 Å². The van der Waals surface area contributed by atoms with Crippen molar-refractivity contribution < 1.29 is 22.7 Å². The Bertz CT molecular complexity index is 1180. The average molecular weight is 370 g/mol. The molecule has 27 heavy (non-hydrogen) atoms. The van der Waals surface area contributed by atoms with Crippen LogP contribution in [0.2, 0.25) is 0 Å². The Morgan fingerprint density at radius 1 is 1.07 bits per heavy atom. The molecule has 0 bridgehead atoms. The molecule has 4 aromatic rings. The van der Waals surface area contributed by atoms with Gasteiger partial charge in [0.05, 0.1) is 35.0 Å². The van der Waals surface area contributed by atoms with Crippen molar-refractivity contribution in [3.63, 3.8) is 0 Å². The molecule has 2 aromatic heterocycles.